The first-order valence-corrected chi connectivity index (χ1v) is 6.88. The molecule has 0 aliphatic rings. The molecule has 0 aliphatic carbocycles. The van der Waals surface area contributed by atoms with Gasteiger partial charge >= 0.3 is 0 Å². The number of aliphatic hydroxyl groups excluding tert-OH is 1. The molecule has 0 saturated carbocycles. The van der Waals surface area contributed by atoms with E-state index in [0.717, 1.165) is 23.6 Å². The van der Waals surface area contributed by atoms with Crippen molar-refractivity contribution in [3.63, 3.8) is 0 Å². The number of aliphatic hydroxyl groups is 1. The summed E-state index contributed by atoms with van der Waals surface area (Å²) < 4.78 is 3.87. The van der Waals surface area contributed by atoms with Gasteiger partial charge in [0.05, 0.1) is 5.69 Å². The van der Waals surface area contributed by atoms with Gasteiger partial charge in [0.1, 0.15) is 4.88 Å². The number of carbonyl (C=O) groups is 1. The van der Waals surface area contributed by atoms with Gasteiger partial charge in [-0.15, -0.1) is 5.10 Å². The number of nitrogens with one attached hydrogen (secondary N) is 1. The van der Waals surface area contributed by atoms with E-state index >= 15 is 0 Å². The zero-order chi connectivity index (χ0) is 13.8. The normalized spacial score (nSPS) is 13.4. The number of rotatable bonds is 5. The summed E-state index contributed by atoms with van der Waals surface area (Å²) in [5, 5.41) is 15.7. The topological polar surface area (TPSA) is 75.1 Å². The molecule has 0 spiro atoms. The average molecular weight is 271 g/mol. The van der Waals surface area contributed by atoms with E-state index in [-0.39, 0.29) is 24.0 Å². The SMILES string of the molecule is CC(CCCO)NC(=O)c1snnc1C(C)(C)C. The molecule has 1 unspecified atom stereocenters. The van der Waals surface area contributed by atoms with Gasteiger partial charge in [-0.05, 0) is 31.3 Å². The molecule has 1 heterocycles. The lowest BCUT2D eigenvalue weighted by atomic mass is 9.91. The maximum absolute atomic E-state index is 12.1. The van der Waals surface area contributed by atoms with Crippen molar-refractivity contribution in [3.8, 4) is 0 Å². The zero-order valence-electron chi connectivity index (χ0n) is 11.4. The molecule has 1 amide bonds. The summed E-state index contributed by atoms with van der Waals surface area (Å²) in [7, 11) is 0. The maximum Gasteiger partial charge on any atom is 0.265 e. The fourth-order valence-corrected chi connectivity index (χ4v) is 2.37. The summed E-state index contributed by atoms with van der Waals surface area (Å²) in [4.78, 5) is 12.7. The fraction of sp³-hybridized carbons (Fsp3) is 0.750. The summed E-state index contributed by atoms with van der Waals surface area (Å²) in [6.07, 6.45) is 1.45. The molecule has 1 rings (SSSR count). The highest BCUT2D eigenvalue weighted by atomic mass is 32.1. The Morgan fingerprint density at radius 2 is 2.17 bits per heavy atom. The second-order valence-corrected chi connectivity index (χ2v) is 6.20. The molecular weight excluding hydrogens is 250 g/mol. The van der Waals surface area contributed by atoms with Crippen LogP contribution in [0.2, 0.25) is 0 Å². The van der Waals surface area contributed by atoms with Gasteiger partial charge in [0.25, 0.3) is 5.91 Å². The molecule has 0 bridgehead atoms. The third-order valence-electron chi connectivity index (χ3n) is 2.58. The van der Waals surface area contributed by atoms with Crippen LogP contribution in [-0.4, -0.2) is 33.2 Å². The van der Waals surface area contributed by atoms with Crippen molar-refractivity contribution in [2.45, 2.75) is 52.0 Å². The van der Waals surface area contributed by atoms with Crippen molar-refractivity contribution >= 4 is 17.4 Å². The van der Waals surface area contributed by atoms with Crippen LogP contribution < -0.4 is 5.32 Å². The van der Waals surface area contributed by atoms with Crippen LogP contribution >= 0.6 is 11.5 Å². The highest BCUT2D eigenvalue weighted by Crippen LogP contribution is 2.25. The highest BCUT2D eigenvalue weighted by Gasteiger charge is 2.26. The summed E-state index contributed by atoms with van der Waals surface area (Å²) >= 11 is 1.13. The van der Waals surface area contributed by atoms with E-state index in [9.17, 15) is 4.79 Å². The van der Waals surface area contributed by atoms with Gasteiger partial charge in [0.15, 0.2) is 0 Å². The molecule has 1 atom stereocenters. The quantitative estimate of drug-likeness (QED) is 0.855. The lowest BCUT2D eigenvalue weighted by Crippen LogP contribution is -2.33. The largest absolute Gasteiger partial charge is 0.396 e. The predicted molar refractivity (Wildman–Crippen MR) is 71.9 cm³/mol. The van der Waals surface area contributed by atoms with E-state index in [2.05, 4.69) is 14.9 Å². The highest BCUT2D eigenvalue weighted by molar-refractivity contribution is 7.08. The Morgan fingerprint density at radius 1 is 1.50 bits per heavy atom. The minimum absolute atomic E-state index is 0.0413. The Labute approximate surface area is 112 Å². The molecule has 6 heteroatoms. The Morgan fingerprint density at radius 3 is 2.72 bits per heavy atom. The van der Waals surface area contributed by atoms with Crippen molar-refractivity contribution in [1.82, 2.24) is 14.9 Å². The molecule has 1 aromatic heterocycles. The molecular formula is C12H21N3O2S. The van der Waals surface area contributed by atoms with Crippen LogP contribution in [0.4, 0.5) is 0 Å². The van der Waals surface area contributed by atoms with Gasteiger partial charge in [-0.3, -0.25) is 4.79 Å². The molecule has 0 radical (unpaired) electrons. The van der Waals surface area contributed by atoms with Crippen molar-refractivity contribution in [1.29, 1.82) is 0 Å². The monoisotopic (exact) mass is 271 g/mol. The van der Waals surface area contributed by atoms with Gasteiger partial charge in [-0.1, -0.05) is 25.3 Å². The Hall–Kier alpha value is -1.01. The fourth-order valence-electron chi connectivity index (χ4n) is 1.59. The Balaban J connectivity index is 2.70. The second kappa shape index (κ2) is 6.24. The molecule has 0 aromatic carbocycles. The van der Waals surface area contributed by atoms with Crippen LogP contribution in [0.15, 0.2) is 0 Å². The van der Waals surface area contributed by atoms with Gasteiger partial charge in [-0.25, -0.2) is 0 Å². The van der Waals surface area contributed by atoms with Crippen LogP contribution in [0, 0.1) is 0 Å². The summed E-state index contributed by atoms with van der Waals surface area (Å²) in [6.45, 7) is 8.11. The third kappa shape index (κ3) is 4.03. The number of carbonyl (C=O) groups excluding carboxylic acids is 1. The molecule has 0 saturated heterocycles. The van der Waals surface area contributed by atoms with Crippen molar-refractivity contribution in [3.05, 3.63) is 10.6 Å². The smallest absolute Gasteiger partial charge is 0.265 e. The lowest BCUT2D eigenvalue weighted by molar-refractivity contribution is 0.0938. The first-order chi connectivity index (χ1) is 8.36. The van der Waals surface area contributed by atoms with Crippen molar-refractivity contribution < 1.29 is 9.90 Å². The van der Waals surface area contributed by atoms with Crippen LogP contribution in [0.25, 0.3) is 0 Å². The van der Waals surface area contributed by atoms with Crippen LogP contribution in [0.1, 0.15) is 55.9 Å². The van der Waals surface area contributed by atoms with E-state index in [0.29, 0.717) is 11.3 Å². The average Bonchev–Trinajstić information content (AvgIpc) is 2.74. The minimum atomic E-state index is -0.186. The van der Waals surface area contributed by atoms with E-state index in [4.69, 9.17) is 5.11 Å². The first-order valence-electron chi connectivity index (χ1n) is 6.10. The van der Waals surface area contributed by atoms with Crippen LogP contribution in [0.3, 0.4) is 0 Å². The van der Waals surface area contributed by atoms with E-state index in [1.165, 1.54) is 0 Å². The zero-order valence-corrected chi connectivity index (χ0v) is 12.2. The van der Waals surface area contributed by atoms with Crippen LogP contribution in [-0.2, 0) is 5.41 Å². The van der Waals surface area contributed by atoms with E-state index in [1.54, 1.807) is 0 Å². The Kier molecular flexibility index (Phi) is 5.22. The van der Waals surface area contributed by atoms with Crippen LogP contribution in [0.5, 0.6) is 0 Å². The summed E-state index contributed by atoms with van der Waals surface area (Å²) in [5.74, 6) is -0.125. The van der Waals surface area contributed by atoms with Gasteiger partial charge < -0.3 is 10.4 Å². The number of aromatic nitrogens is 2. The van der Waals surface area contributed by atoms with Gasteiger partial charge in [-0.2, -0.15) is 0 Å². The summed E-state index contributed by atoms with van der Waals surface area (Å²) in [6, 6.07) is 0.0413. The first kappa shape index (κ1) is 15.0. The van der Waals surface area contributed by atoms with Crippen molar-refractivity contribution in [2.24, 2.45) is 0 Å². The lowest BCUT2D eigenvalue weighted by Gasteiger charge is -2.17. The molecule has 2 N–H and O–H groups in total. The Bertz CT molecular complexity index is 398. The number of amides is 1. The summed E-state index contributed by atoms with van der Waals surface area (Å²) in [5.41, 5.74) is 0.549. The third-order valence-corrected chi connectivity index (χ3v) is 3.30. The minimum Gasteiger partial charge on any atom is -0.396 e. The van der Waals surface area contributed by atoms with Crippen molar-refractivity contribution in [2.75, 3.05) is 6.61 Å². The molecule has 0 aliphatic heterocycles. The van der Waals surface area contributed by atoms with Gasteiger partial charge in [0, 0.05) is 18.1 Å². The molecule has 5 nitrogen and oxygen atoms in total. The molecule has 102 valence electrons. The number of hydrogen-bond acceptors (Lipinski definition) is 5. The second-order valence-electron chi connectivity index (χ2n) is 5.44. The maximum atomic E-state index is 12.1. The predicted octanol–water partition coefficient (Wildman–Crippen LogP) is 1.73. The molecule has 1 aromatic rings. The van der Waals surface area contributed by atoms with E-state index in [1.807, 2.05) is 27.7 Å². The standard InChI is InChI=1S/C12H21N3O2S/c1-8(6-5-7-16)13-11(17)9-10(12(2,3)4)14-15-18-9/h8,16H,5-7H2,1-4H3,(H,13,17). The van der Waals surface area contributed by atoms with E-state index < -0.39 is 0 Å². The number of hydrogen-bond donors (Lipinski definition) is 2. The molecule has 18 heavy (non-hydrogen) atoms. The van der Waals surface area contributed by atoms with Gasteiger partial charge in [0.2, 0.25) is 0 Å². The molecule has 0 fully saturated rings. The number of nitrogens with zero attached hydrogens (tertiary/aromatic N) is 2.